The fourth-order valence-electron chi connectivity index (χ4n) is 2.99. The molecule has 27 heavy (non-hydrogen) atoms. The predicted octanol–water partition coefficient (Wildman–Crippen LogP) is 6.97. The highest BCUT2D eigenvalue weighted by Gasteiger charge is 2.58. The van der Waals surface area contributed by atoms with Crippen molar-refractivity contribution in [2.45, 2.75) is 18.0 Å². The van der Waals surface area contributed by atoms with Gasteiger partial charge in [-0.1, -0.05) is 40.9 Å². The molecule has 1 aliphatic rings. The van der Waals surface area contributed by atoms with Crippen LogP contribution in [0.2, 0.25) is 15.1 Å². The van der Waals surface area contributed by atoms with Gasteiger partial charge in [0.2, 0.25) is 0 Å². The van der Waals surface area contributed by atoms with Gasteiger partial charge in [0.1, 0.15) is 11.5 Å². The van der Waals surface area contributed by atoms with Gasteiger partial charge in [0, 0.05) is 16.6 Å². The Morgan fingerprint density at radius 1 is 1.11 bits per heavy atom. The smallest absolute Gasteiger partial charge is 0.288 e. The van der Waals surface area contributed by atoms with Crippen LogP contribution in [-0.2, 0) is 5.41 Å². The summed E-state index contributed by atoms with van der Waals surface area (Å²) in [5.41, 5.74) is -1.14. The molecule has 0 amide bonds. The third-order valence-electron chi connectivity index (χ3n) is 4.51. The molecule has 1 unspecified atom stereocenters. The van der Waals surface area contributed by atoms with E-state index < -0.39 is 18.1 Å². The Kier molecular flexibility index (Phi) is 5.53. The standard InChI is InChI=1S/C18H9BrCl3F3N2/c19-12-3-9(1-2-10(12)7-26)15-6-17(8-27-15,18(23,24)25)11-4-13(20)16(22)14(21)5-11/h1-5H,6,8H2. The molecule has 1 atom stereocenters. The molecule has 3 rings (SSSR count). The maximum Gasteiger partial charge on any atom is 0.400 e. The second kappa shape index (κ2) is 7.29. The Morgan fingerprint density at radius 2 is 1.74 bits per heavy atom. The molecule has 1 heterocycles. The lowest BCUT2D eigenvalue weighted by Crippen LogP contribution is -2.43. The summed E-state index contributed by atoms with van der Waals surface area (Å²) in [5, 5.41) is 8.91. The summed E-state index contributed by atoms with van der Waals surface area (Å²) < 4.78 is 42.8. The van der Waals surface area contributed by atoms with Crippen LogP contribution >= 0.6 is 50.7 Å². The molecule has 0 spiro atoms. The fourth-order valence-corrected chi connectivity index (χ4v) is 4.05. The molecule has 0 aliphatic carbocycles. The average molecular weight is 497 g/mol. The van der Waals surface area contributed by atoms with E-state index in [1.807, 2.05) is 6.07 Å². The maximum absolute atomic E-state index is 14.1. The first kappa shape index (κ1) is 20.5. The van der Waals surface area contributed by atoms with Crippen molar-refractivity contribution >= 4 is 56.4 Å². The predicted molar refractivity (Wildman–Crippen MR) is 104 cm³/mol. The second-order valence-electron chi connectivity index (χ2n) is 6.08. The highest BCUT2D eigenvalue weighted by Crippen LogP contribution is 2.49. The van der Waals surface area contributed by atoms with Gasteiger partial charge in [-0.3, -0.25) is 4.99 Å². The van der Waals surface area contributed by atoms with Crippen molar-refractivity contribution in [3.8, 4) is 6.07 Å². The van der Waals surface area contributed by atoms with Gasteiger partial charge < -0.3 is 0 Å². The summed E-state index contributed by atoms with van der Waals surface area (Å²) in [4.78, 5) is 4.15. The Hall–Kier alpha value is -1.26. The summed E-state index contributed by atoms with van der Waals surface area (Å²) in [6.45, 7) is -0.488. The molecule has 1 aliphatic heterocycles. The van der Waals surface area contributed by atoms with E-state index in [4.69, 9.17) is 40.1 Å². The van der Waals surface area contributed by atoms with Crippen molar-refractivity contribution in [2.75, 3.05) is 6.54 Å². The van der Waals surface area contributed by atoms with Crippen LogP contribution in [0.5, 0.6) is 0 Å². The lowest BCUT2D eigenvalue weighted by atomic mass is 9.76. The van der Waals surface area contributed by atoms with E-state index >= 15 is 0 Å². The highest BCUT2D eigenvalue weighted by atomic mass is 79.9. The van der Waals surface area contributed by atoms with Crippen molar-refractivity contribution in [3.63, 3.8) is 0 Å². The summed E-state index contributed by atoms with van der Waals surface area (Å²) in [6, 6.07) is 9.07. The normalized spacial score (nSPS) is 19.7. The Balaban J connectivity index is 2.06. The number of alkyl halides is 3. The van der Waals surface area contributed by atoms with Gasteiger partial charge in [-0.05, 0) is 51.3 Å². The van der Waals surface area contributed by atoms with Gasteiger partial charge in [0.15, 0.2) is 0 Å². The minimum Gasteiger partial charge on any atom is -0.288 e. The van der Waals surface area contributed by atoms with Gasteiger partial charge >= 0.3 is 6.18 Å². The van der Waals surface area contributed by atoms with Crippen molar-refractivity contribution in [1.29, 1.82) is 5.26 Å². The number of aliphatic imine (C=N–C) groups is 1. The van der Waals surface area contributed by atoms with Gasteiger partial charge in [0.05, 0.1) is 27.2 Å². The molecule has 2 aromatic carbocycles. The monoisotopic (exact) mass is 494 g/mol. The fraction of sp³-hybridized carbons (Fsp3) is 0.222. The Bertz CT molecular complexity index is 975. The van der Waals surface area contributed by atoms with Crippen LogP contribution in [0.3, 0.4) is 0 Å². The Labute approximate surface area is 176 Å². The number of benzene rings is 2. The van der Waals surface area contributed by atoms with Crippen molar-refractivity contribution < 1.29 is 13.2 Å². The number of halogens is 7. The van der Waals surface area contributed by atoms with Crippen LogP contribution < -0.4 is 0 Å². The third kappa shape index (κ3) is 3.58. The molecule has 0 saturated heterocycles. The molecule has 2 aromatic rings. The molecule has 140 valence electrons. The van der Waals surface area contributed by atoms with Gasteiger partial charge in [-0.2, -0.15) is 18.4 Å². The van der Waals surface area contributed by atoms with E-state index in [0.717, 1.165) is 0 Å². The molecule has 0 fully saturated rings. The zero-order valence-corrected chi connectivity index (χ0v) is 17.2. The minimum atomic E-state index is -4.58. The third-order valence-corrected chi connectivity index (χ3v) is 6.36. The van der Waals surface area contributed by atoms with Crippen LogP contribution in [0.15, 0.2) is 39.8 Å². The number of hydrogen-bond acceptors (Lipinski definition) is 2. The lowest BCUT2D eigenvalue weighted by Gasteiger charge is -2.32. The van der Waals surface area contributed by atoms with Crippen molar-refractivity contribution in [3.05, 3.63) is 66.6 Å². The number of rotatable bonds is 2. The van der Waals surface area contributed by atoms with Crippen LogP contribution in [0.4, 0.5) is 13.2 Å². The van der Waals surface area contributed by atoms with E-state index in [2.05, 4.69) is 20.9 Å². The van der Waals surface area contributed by atoms with Gasteiger partial charge in [-0.15, -0.1) is 0 Å². The quantitative estimate of drug-likeness (QED) is 0.414. The van der Waals surface area contributed by atoms with Crippen LogP contribution in [0, 0.1) is 11.3 Å². The van der Waals surface area contributed by atoms with Crippen LogP contribution in [0.25, 0.3) is 0 Å². The SMILES string of the molecule is N#Cc1ccc(C2=NCC(c3cc(Cl)c(Cl)c(Cl)c3)(C(F)(F)F)C2)cc1Br. The van der Waals surface area contributed by atoms with Gasteiger partial charge in [-0.25, -0.2) is 0 Å². The Morgan fingerprint density at radius 3 is 2.26 bits per heavy atom. The molecular formula is C18H9BrCl3F3N2. The minimum absolute atomic E-state index is 0.00886. The van der Waals surface area contributed by atoms with E-state index in [1.54, 1.807) is 12.1 Å². The molecule has 0 saturated carbocycles. The van der Waals surface area contributed by atoms with Crippen LogP contribution in [0.1, 0.15) is 23.1 Å². The first-order chi connectivity index (χ1) is 12.6. The number of nitriles is 1. The molecule has 9 heteroatoms. The number of nitrogens with zero attached hydrogens (tertiary/aromatic N) is 2. The maximum atomic E-state index is 14.1. The second-order valence-corrected chi connectivity index (χ2v) is 8.13. The highest BCUT2D eigenvalue weighted by molar-refractivity contribution is 9.10. The molecule has 0 bridgehead atoms. The summed E-state index contributed by atoms with van der Waals surface area (Å²) in [5.74, 6) is 0. The first-order valence-corrected chi connectivity index (χ1v) is 9.47. The van der Waals surface area contributed by atoms with E-state index in [0.29, 0.717) is 21.3 Å². The number of hydrogen-bond donors (Lipinski definition) is 0. The van der Waals surface area contributed by atoms with Crippen molar-refractivity contribution in [2.24, 2.45) is 4.99 Å². The lowest BCUT2D eigenvalue weighted by molar-refractivity contribution is -0.183. The zero-order valence-electron chi connectivity index (χ0n) is 13.3. The summed E-state index contributed by atoms with van der Waals surface area (Å²) in [7, 11) is 0. The summed E-state index contributed by atoms with van der Waals surface area (Å²) >= 11 is 21.0. The molecule has 0 N–H and O–H groups in total. The van der Waals surface area contributed by atoms with E-state index in [9.17, 15) is 13.2 Å². The zero-order chi connectivity index (χ0) is 20.0. The topological polar surface area (TPSA) is 36.1 Å². The molecule has 0 aromatic heterocycles. The van der Waals surface area contributed by atoms with E-state index in [-0.39, 0.29) is 27.1 Å². The average Bonchev–Trinajstić information content (AvgIpc) is 3.06. The van der Waals surface area contributed by atoms with Crippen LogP contribution in [-0.4, -0.2) is 18.4 Å². The molecule has 2 nitrogen and oxygen atoms in total. The van der Waals surface area contributed by atoms with Crippen molar-refractivity contribution in [1.82, 2.24) is 0 Å². The summed E-state index contributed by atoms with van der Waals surface area (Å²) in [6.07, 6.45) is -4.95. The molecular weight excluding hydrogens is 487 g/mol. The van der Waals surface area contributed by atoms with Gasteiger partial charge in [0.25, 0.3) is 0 Å². The molecule has 0 radical (unpaired) electrons. The first-order valence-electron chi connectivity index (χ1n) is 7.54. The van der Waals surface area contributed by atoms with E-state index in [1.165, 1.54) is 18.2 Å². The largest absolute Gasteiger partial charge is 0.400 e.